The van der Waals surface area contributed by atoms with Crippen LogP contribution in [0.2, 0.25) is 0 Å². The van der Waals surface area contributed by atoms with Crippen LogP contribution in [0.4, 0.5) is 5.69 Å². The number of rotatable bonds is 4. The van der Waals surface area contributed by atoms with Gasteiger partial charge >= 0.3 is 0 Å². The van der Waals surface area contributed by atoms with Crippen LogP contribution in [0, 0.1) is 6.92 Å². The van der Waals surface area contributed by atoms with Crippen molar-refractivity contribution in [2.75, 3.05) is 5.32 Å². The van der Waals surface area contributed by atoms with Crippen molar-refractivity contribution in [3.05, 3.63) is 106 Å². The molecule has 0 radical (unpaired) electrons. The molecule has 35 heavy (non-hydrogen) atoms. The van der Waals surface area contributed by atoms with Crippen LogP contribution >= 0.6 is 28.1 Å². The van der Waals surface area contributed by atoms with E-state index in [4.69, 9.17) is 12.2 Å². The lowest BCUT2D eigenvalue weighted by atomic mass is 9.98. The average Bonchev–Trinajstić information content (AvgIpc) is 3.29. The van der Waals surface area contributed by atoms with Crippen LogP contribution in [0.5, 0.6) is 0 Å². The molecular weight excluding hydrogens is 514 g/mol. The largest absolute Gasteiger partial charge is 0.345 e. The Balaban J connectivity index is 1.62. The Kier molecular flexibility index (Phi) is 5.83. The maximum Gasteiger partial charge on any atom is 0.128 e. The fourth-order valence-electron chi connectivity index (χ4n) is 5.27. The Bertz CT molecular complexity index is 1540. The first-order chi connectivity index (χ1) is 17.1. The minimum atomic E-state index is 0.746. The predicted octanol–water partition coefficient (Wildman–Crippen LogP) is 8.27. The Morgan fingerprint density at radius 1 is 0.886 bits per heavy atom. The molecule has 0 atom stereocenters. The highest BCUT2D eigenvalue weighted by Gasteiger charge is 2.28. The topological polar surface area (TPSA) is 21.4 Å². The monoisotopic (exact) mass is 539 g/mol. The molecule has 174 valence electrons. The summed E-state index contributed by atoms with van der Waals surface area (Å²) in [5, 5.41) is 3.57. The summed E-state index contributed by atoms with van der Waals surface area (Å²) in [5.41, 5.74) is 10.9. The summed E-state index contributed by atoms with van der Waals surface area (Å²) in [5.74, 6) is 0. The molecule has 0 fully saturated rings. The average molecular weight is 541 g/mol. The zero-order valence-electron chi connectivity index (χ0n) is 19.6. The van der Waals surface area contributed by atoms with Crippen LogP contribution in [0.3, 0.4) is 0 Å². The van der Waals surface area contributed by atoms with Crippen LogP contribution in [-0.4, -0.2) is 14.0 Å². The smallest absolute Gasteiger partial charge is 0.128 e. The van der Waals surface area contributed by atoms with Gasteiger partial charge in [0.15, 0.2) is 0 Å². The van der Waals surface area contributed by atoms with Gasteiger partial charge in [-0.2, -0.15) is 0 Å². The van der Waals surface area contributed by atoms with E-state index in [0.29, 0.717) is 0 Å². The molecule has 3 aromatic carbocycles. The number of nitrogens with one attached hydrogen (secondary N) is 1. The van der Waals surface area contributed by atoms with E-state index in [1.54, 1.807) is 0 Å². The standard InChI is InChI=1S/C30H26BrN3S/c1-20-9-5-6-13-25(20)32-29(35)28-27(22-14-16-23(31)17-15-22)24-12-7-8-18-33-26(19-34(28)30(24)33)21-10-3-2-4-11-21/h2-6,9-11,13-17,19H,7-8,12,18H2,1H3,(H,32,35). The summed E-state index contributed by atoms with van der Waals surface area (Å²) < 4.78 is 5.92. The van der Waals surface area contributed by atoms with Gasteiger partial charge in [-0.1, -0.05) is 88.8 Å². The van der Waals surface area contributed by atoms with E-state index in [1.807, 2.05) is 0 Å². The van der Waals surface area contributed by atoms with E-state index >= 15 is 0 Å². The summed E-state index contributed by atoms with van der Waals surface area (Å²) in [7, 11) is 0. The zero-order chi connectivity index (χ0) is 23.9. The molecule has 0 saturated heterocycles. The van der Waals surface area contributed by atoms with Crippen LogP contribution in [-0.2, 0) is 13.0 Å². The quantitative estimate of drug-likeness (QED) is 0.232. The summed E-state index contributed by atoms with van der Waals surface area (Å²) >= 11 is 9.74. The van der Waals surface area contributed by atoms with Crippen molar-refractivity contribution in [3.63, 3.8) is 0 Å². The second-order valence-electron chi connectivity index (χ2n) is 9.16. The molecule has 2 aromatic heterocycles. The molecule has 3 nitrogen and oxygen atoms in total. The van der Waals surface area contributed by atoms with E-state index in [1.165, 1.54) is 45.6 Å². The zero-order valence-corrected chi connectivity index (χ0v) is 22.0. The summed E-state index contributed by atoms with van der Waals surface area (Å²) in [6, 6.07) is 27.6. The predicted molar refractivity (Wildman–Crippen MR) is 153 cm³/mol. The van der Waals surface area contributed by atoms with E-state index in [9.17, 15) is 0 Å². The van der Waals surface area contributed by atoms with Gasteiger partial charge in [-0.3, -0.25) is 4.40 Å². The van der Waals surface area contributed by atoms with Crippen LogP contribution < -0.4 is 5.32 Å². The van der Waals surface area contributed by atoms with E-state index < -0.39 is 0 Å². The number of benzene rings is 3. The molecule has 0 unspecified atom stereocenters. The van der Waals surface area contributed by atoms with Crippen molar-refractivity contribution < 1.29 is 0 Å². The number of thiocarbonyl (C=S) groups is 1. The molecule has 0 saturated carbocycles. The van der Waals surface area contributed by atoms with Gasteiger partial charge in [-0.15, -0.1) is 0 Å². The molecule has 1 aliphatic rings. The maximum absolute atomic E-state index is 6.14. The molecule has 6 rings (SSSR count). The van der Waals surface area contributed by atoms with Gasteiger partial charge in [0.1, 0.15) is 10.6 Å². The van der Waals surface area contributed by atoms with E-state index in [0.717, 1.165) is 40.2 Å². The second kappa shape index (κ2) is 9.14. The third-order valence-electron chi connectivity index (χ3n) is 6.94. The molecule has 3 heterocycles. The molecule has 1 N–H and O–H groups in total. The van der Waals surface area contributed by atoms with Crippen molar-refractivity contribution >= 4 is 44.5 Å². The fourth-order valence-corrected chi connectivity index (χ4v) is 5.85. The summed E-state index contributed by atoms with van der Waals surface area (Å²) in [4.78, 5) is 0.746. The second-order valence-corrected chi connectivity index (χ2v) is 10.5. The number of imidazole rings is 1. The minimum Gasteiger partial charge on any atom is -0.345 e. The lowest BCUT2D eigenvalue weighted by Crippen LogP contribution is -2.14. The Labute approximate surface area is 219 Å². The molecule has 0 spiro atoms. The molecule has 0 bridgehead atoms. The highest BCUT2D eigenvalue weighted by Crippen LogP contribution is 2.40. The van der Waals surface area contributed by atoms with Gasteiger partial charge in [0.05, 0.1) is 11.4 Å². The number of para-hydroxylation sites is 1. The number of aromatic nitrogens is 2. The molecule has 1 aliphatic heterocycles. The first-order valence-corrected chi connectivity index (χ1v) is 13.3. The number of anilines is 1. The van der Waals surface area contributed by atoms with Crippen molar-refractivity contribution in [1.29, 1.82) is 0 Å². The van der Waals surface area contributed by atoms with Crippen LogP contribution in [0.25, 0.3) is 28.0 Å². The highest BCUT2D eigenvalue weighted by molar-refractivity contribution is 9.10. The third-order valence-corrected chi connectivity index (χ3v) is 7.77. The number of hydrogen-bond donors (Lipinski definition) is 1. The first-order valence-electron chi connectivity index (χ1n) is 12.1. The van der Waals surface area contributed by atoms with Gasteiger partial charge in [-0.25, -0.2) is 0 Å². The summed E-state index contributed by atoms with van der Waals surface area (Å²) in [6.45, 7) is 3.12. The van der Waals surface area contributed by atoms with Gasteiger partial charge in [-0.05, 0) is 61.1 Å². The number of aryl methyl sites for hydroxylation is 3. The molecule has 0 aliphatic carbocycles. The van der Waals surface area contributed by atoms with Crippen LogP contribution in [0.15, 0.2) is 89.5 Å². The highest BCUT2D eigenvalue weighted by atomic mass is 79.9. The Morgan fingerprint density at radius 2 is 1.63 bits per heavy atom. The first kappa shape index (κ1) is 22.3. The number of nitrogens with zero attached hydrogens (tertiary/aromatic N) is 2. The van der Waals surface area contributed by atoms with Crippen LogP contribution in [0.1, 0.15) is 29.7 Å². The third kappa shape index (κ3) is 3.93. The van der Waals surface area contributed by atoms with Gasteiger partial charge in [0.2, 0.25) is 0 Å². The van der Waals surface area contributed by atoms with E-state index in [-0.39, 0.29) is 0 Å². The lowest BCUT2D eigenvalue weighted by Gasteiger charge is -2.13. The Morgan fingerprint density at radius 3 is 2.40 bits per heavy atom. The van der Waals surface area contributed by atoms with Crippen molar-refractivity contribution in [3.8, 4) is 22.4 Å². The molecule has 0 amide bonds. The SMILES string of the molecule is Cc1ccccc1NC(=S)c1c(-c2ccc(Br)cc2)c2c3n(c(-c4ccccc4)cn13)CCCC2. The van der Waals surface area contributed by atoms with Crippen molar-refractivity contribution in [2.24, 2.45) is 0 Å². The minimum absolute atomic E-state index is 0.746. The van der Waals surface area contributed by atoms with Gasteiger partial charge in [0, 0.05) is 34.0 Å². The van der Waals surface area contributed by atoms with Crippen molar-refractivity contribution in [2.45, 2.75) is 32.7 Å². The fraction of sp³-hybridized carbons (Fsp3) is 0.167. The van der Waals surface area contributed by atoms with Crippen molar-refractivity contribution in [1.82, 2.24) is 8.97 Å². The molecule has 5 aromatic rings. The maximum atomic E-state index is 6.14. The van der Waals surface area contributed by atoms with Gasteiger partial charge < -0.3 is 9.88 Å². The Hall–Kier alpha value is -3.15. The number of halogens is 1. The molecular formula is C30H26BrN3S. The normalized spacial score (nSPS) is 13.1. The molecule has 5 heteroatoms. The number of hydrogen-bond acceptors (Lipinski definition) is 1. The summed E-state index contributed by atoms with van der Waals surface area (Å²) in [6.07, 6.45) is 5.65. The van der Waals surface area contributed by atoms with Gasteiger partial charge in [0.25, 0.3) is 0 Å². The van der Waals surface area contributed by atoms with E-state index in [2.05, 4.69) is 122 Å². The lowest BCUT2D eigenvalue weighted by molar-refractivity contribution is 0.647.